The Kier molecular flexibility index (Phi) is 21.5. The predicted molar refractivity (Wildman–Crippen MR) is 270 cm³/mol. The van der Waals surface area contributed by atoms with Gasteiger partial charge in [0.15, 0.2) is 6.61 Å². The predicted octanol–water partition coefficient (Wildman–Crippen LogP) is 8.20. The van der Waals surface area contributed by atoms with Gasteiger partial charge in [0.05, 0.1) is 61.7 Å². The lowest BCUT2D eigenvalue weighted by Crippen LogP contribution is -2.32. The zero-order valence-electron chi connectivity index (χ0n) is 41.0. The van der Waals surface area contributed by atoms with Crippen LogP contribution in [0.25, 0.3) is 16.5 Å². The molecule has 0 radical (unpaired) electrons. The summed E-state index contributed by atoms with van der Waals surface area (Å²) in [5, 5.41) is 13.7. The number of aromatic nitrogens is 3. The SMILES string of the molecule is CN1CCCCC1.CNc1cccc2c1cc(C#CCNc1ccc(SN(C)CCOCCNC(=O)COc3cccc(CN(C)/C=C(\C=C/C=O)c4c(C)noc4C)n3)cc1OC)n2CC(F)(F)F. The van der Waals surface area contributed by atoms with Gasteiger partial charge < -0.3 is 49.1 Å². The highest BCUT2D eigenvalue weighted by molar-refractivity contribution is 7.97. The van der Waals surface area contributed by atoms with Gasteiger partial charge in [-0.3, -0.25) is 9.59 Å². The number of anilines is 2. The van der Waals surface area contributed by atoms with E-state index in [1.807, 2.05) is 73.7 Å². The van der Waals surface area contributed by atoms with Gasteiger partial charge in [-0.25, -0.2) is 9.29 Å². The van der Waals surface area contributed by atoms with Gasteiger partial charge in [-0.2, -0.15) is 13.2 Å². The summed E-state index contributed by atoms with van der Waals surface area (Å²) >= 11 is 1.50. The number of alkyl halides is 3. The van der Waals surface area contributed by atoms with Crippen LogP contribution in [-0.2, 0) is 27.4 Å². The Bertz CT molecular complexity index is 2580. The number of fused-ring (bicyclic) bond motifs is 1. The van der Waals surface area contributed by atoms with E-state index in [0.29, 0.717) is 84.5 Å². The molecule has 0 bridgehead atoms. The third kappa shape index (κ3) is 17.5. The van der Waals surface area contributed by atoms with Crippen molar-refractivity contribution in [2.24, 2.45) is 0 Å². The van der Waals surface area contributed by atoms with Crippen molar-refractivity contribution < 1.29 is 41.5 Å². The van der Waals surface area contributed by atoms with Gasteiger partial charge in [0.1, 0.15) is 24.3 Å². The number of nitrogens with zero attached hydrogens (tertiary/aromatic N) is 6. The average molecular weight is 988 g/mol. The highest BCUT2D eigenvalue weighted by Gasteiger charge is 2.30. The number of aryl methyl sites for hydroxylation is 2. The number of piperidine rings is 1. The van der Waals surface area contributed by atoms with Crippen LogP contribution in [0.1, 0.15) is 47.7 Å². The molecule has 0 spiro atoms. The fraction of sp³-hybridized carbons (Fsp3) is 0.412. The minimum atomic E-state index is -4.40. The molecule has 4 heterocycles. The molecule has 19 heteroatoms. The minimum Gasteiger partial charge on any atom is -0.495 e. The number of rotatable bonds is 22. The van der Waals surface area contributed by atoms with Crippen molar-refractivity contribution in [1.29, 1.82) is 0 Å². The first-order valence-corrected chi connectivity index (χ1v) is 23.7. The van der Waals surface area contributed by atoms with E-state index >= 15 is 0 Å². The first-order valence-electron chi connectivity index (χ1n) is 22.9. The maximum absolute atomic E-state index is 13.5. The summed E-state index contributed by atoms with van der Waals surface area (Å²) in [7, 11) is 9.29. The van der Waals surface area contributed by atoms with Gasteiger partial charge in [-0.1, -0.05) is 29.6 Å². The third-order valence-corrected chi connectivity index (χ3v) is 11.8. The number of halogens is 3. The number of amides is 1. The molecule has 376 valence electrons. The number of ether oxygens (including phenoxy) is 3. The van der Waals surface area contributed by atoms with Crippen molar-refractivity contribution >= 4 is 52.0 Å². The number of carbonyl (C=O) groups excluding carboxylic acids is 2. The van der Waals surface area contributed by atoms with Gasteiger partial charge in [-0.05, 0) is 126 Å². The van der Waals surface area contributed by atoms with E-state index in [-0.39, 0.29) is 24.8 Å². The second-order valence-electron chi connectivity index (χ2n) is 16.5. The lowest BCUT2D eigenvalue weighted by Gasteiger charge is -2.20. The normalized spacial score (nSPS) is 13.1. The van der Waals surface area contributed by atoms with E-state index in [0.717, 1.165) is 21.7 Å². The molecule has 70 heavy (non-hydrogen) atoms. The monoisotopic (exact) mass is 987 g/mol. The maximum Gasteiger partial charge on any atom is 0.406 e. The average Bonchev–Trinajstić information content (AvgIpc) is 3.86. The first kappa shape index (κ1) is 54.5. The molecule has 0 atom stereocenters. The van der Waals surface area contributed by atoms with Crippen LogP contribution < -0.4 is 25.4 Å². The molecule has 0 unspecified atom stereocenters. The molecule has 3 aromatic heterocycles. The third-order valence-electron chi connectivity index (χ3n) is 10.8. The molecular formula is C51H64F3N9O6S. The van der Waals surface area contributed by atoms with Crippen LogP contribution in [0.5, 0.6) is 11.6 Å². The van der Waals surface area contributed by atoms with Crippen LogP contribution in [0.3, 0.4) is 0 Å². The lowest BCUT2D eigenvalue weighted by molar-refractivity contribution is -0.140. The summed E-state index contributed by atoms with van der Waals surface area (Å²) in [6.45, 7) is 7.20. The molecule has 3 N–H and O–H groups in total. The Labute approximate surface area is 412 Å². The molecule has 1 aliphatic rings. The number of nitrogens with one attached hydrogen (secondary N) is 3. The van der Waals surface area contributed by atoms with Gasteiger partial charge in [-0.15, -0.1) is 0 Å². The number of aldehydes is 1. The zero-order valence-corrected chi connectivity index (χ0v) is 41.8. The number of benzene rings is 2. The van der Waals surface area contributed by atoms with Crippen LogP contribution in [-0.4, -0.2) is 135 Å². The van der Waals surface area contributed by atoms with E-state index in [1.54, 1.807) is 50.6 Å². The van der Waals surface area contributed by atoms with Crippen molar-refractivity contribution in [3.63, 3.8) is 0 Å². The van der Waals surface area contributed by atoms with Crippen molar-refractivity contribution in [3.05, 3.63) is 107 Å². The molecule has 15 nitrogen and oxygen atoms in total. The van der Waals surface area contributed by atoms with Crippen LogP contribution in [0.15, 0.2) is 88.4 Å². The van der Waals surface area contributed by atoms with E-state index in [4.69, 9.17) is 18.7 Å². The molecule has 0 aliphatic carbocycles. The van der Waals surface area contributed by atoms with E-state index in [2.05, 4.69) is 49.9 Å². The summed E-state index contributed by atoms with van der Waals surface area (Å²) in [6, 6.07) is 17.9. The molecule has 1 fully saturated rings. The Morgan fingerprint density at radius 3 is 2.50 bits per heavy atom. The van der Waals surface area contributed by atoms with E-state index < -0.39 is 12.7 Å². The summed E-state index contributed by atoms with van der Waals surface area (Å²) in [5.41, 5.74) is 5.14. The van der Waals surface area contributed by atoms with E-state index in [1.165, 1.54) is 54.9 Å². The number of pyridine rings is 1. The van der Waals surface area contributed by atoms with E-state index in [9.17, 15) is 22.8 Å². The van der Waals surface area contributed by atoms with Crippen LogP contribution in [0.2, 0.25) is 0 Å². The number of allylic oxidation sites excluding steroid dienone is 3. The van der Waals surface area contributed by atoms with Gasteiger partial charge >= 0.3 is 6.18 Å². The van der Waals surface area contributed by atoms with Crippen LogP contribution in [0.4, 0.5) is 24.5 Å². The van der Waals surface area contributed by atoms with Crippen molar-refractivity contribution in [2.75, 3.05) is 98.5 Å². The molecular weight excluding hydrogens is 924 g/mol. The van der Waals surface area contributed by atoms with Crippen LogP contribution >= 0.6 is 11.9 Å². The minimum absolute atomic E-state index is 0.180. The molecule has 1 amide bonds. The fourth-order valence-corrected chi connectivity index (χ4v) is 8.34. The largest absolute Gasteiger partial charge is 0.495 e. The summed E-state index contributed by atoms with van der Waals surface area (Å²) < 4.78 is 65.9. The second kappa shape index (κ2) is 27.7. The van der Waals surface area contributed by atoms with Crippen molar-refractivity contribution in [3.8, 4) is 23.5 Å². The smallest absolute Gasteiger partial charge is 0.406 e. The Morgan fingerprint density at radius 2 is 1.81 bits per heavy atom. The Balaban J connectivity index is 0.00000119. The number of hydrogen-bond acceptors (Lipinski definition) is 14. The quantitative estimate of drug-likeness (QED) is 0.0153. The molecule has 5 aromatic rings. The van der Waals surface area contributed by atoms with Crippen molar-refractivity contribution in [2.45, 2.75) is 57.3 Å². The molecule has 2 aromatic carbocycles. The highest BCUT2D eigenvalue weighted by atomic mass is 32.2. The maximum atomic E-state index is 13.5. The highest BCUT2D eigenvalue weighted by Crippen LogP contribution is 2.32. The lowest BCUT2D eigenvalue weighted by atomic mass is 10.0. The van der Waals surface area contributed by atoms with Crippen LogP contribution in [0, 0.1) is 25.7 Å². The first-order chi connectivity index (χ1) is 33.7. The van der Waals surface area contributed by atoms with Gasteiger partial charge in [0.25, 0.3) is 5.91 Å². The number of methoxy groups -OCH3 is 1. The molecule has 1 aliphatic heterocycles. The topological polar surface area (TPSA) is 151 Å². The fourth-order valence-electron chi connectivity index (χ4n) is 7.52. The van der Waals surface area contributed by atoms with Gasteiger partial charge in [0, 0.05) is 66.6 Å². The number of carbonyl (C=O) groups is 2. The molecule has 6 rings (SSSR count). The number of hydrogen-bond donors (Lipinski definition) is 3. The van der Waals surface area contributed by atoms with Gasteiger partial charge in [0.2, 0.25) is 5.88 Å². The summed E-state index contributed by atoms with van der Waals surface area (Å²) in [5.74, 6) is 7.09. The Hall–Kier alpha value is -6.46. The second-order valence-corrected chi connectivity index (χ2v) is 17.7. The molecule has 0 saturated carbocycles. The molecule has 1 saturated heterocycles. The summed E-state index contributed by atoms with van der Waals surface area (Å²) in [4.78, 5) is 33.2. The zero-order chi connectivity index (χ0) is 50.5. The number of likely N-dealkylation sites (tertiary alicyclic amines) is 1. The van der Waals surface area contributed by atoms with Crippen molar-refractivity contribution in [1.82, 2.24) is 34.1 Å². The summed E-state index contributed by atoms with van der Waals surface area (Å²) in [6.07, 6.45) is 5.57. The Morgan fingerprint density at radius 1 is 1.03 bits per heavy atom. The number of likely N-dealkylation sites (N-methyl/N-ethyl adjacent to an activating group) is 1. The standard InChI is InChI=1S/C45H51F3N8O6S.C6H13N/c1-31-44(32(2)62-53-31)33(11-10-22-57)27-54(4)28-34-12-7-16-43(52-34)61-29-42(58)51-20-23-60-24-21-55(5)63-36-17-18-39(41(26-36)59-6)50-19-9-13-35-25-37-38(49-3)14-8-15-40(37)56(35)30-45(46,47)48;1-7-5-3-2-4-6-7/h7-8,10-12,14-18,22,25-27,49-50H,19-21,23-24,28-30H2,1-6H3,(H,51,58);2-6H2,1H3/b11-10-,33-27+;.